The highest BCUT2D eigenvalue weighted by molar-refractivity contribution is 7.17. The highest BCUT2D eigenvalue weighted by Gasteiger charge is 2.84. The fourth-order valence-electron chi connectivity index (χ4n) is 5.54. The zero-order chi connectivity index (χ0) is 35.7. The fraction of sp³-hybridized carbons (Fsp3) is 0.600. The van der Waals surface area contributed by atoms with Crippen molar-refractivity contribution >= 4 is 56.4 Å². The highest BCUT2D eigenvalue weighted by atomic mass is 32.1. The van der Waals surface area contributed by atoms with Crippen LogP contribution in [0, 0.1) is 0 Å². The third kappa shape index (κ3) is 6.65. The molecule has 2 N–H and O–H groups in total. The molecule has 2 aliphatic carbocycles. The summed E-state index contributed by atoms with van der Waals surface area (Å²) in [4.78, 5) is 51.3. The minimum Gasteiger partial charge on any atom is -0.462 e. The standard InChI is InChI=1S/C30H32F8N2O6S2/c1-3-45-23(41)19-15-11-7-5-9-13-17(15)47-21(19)39-25(43)27(31,32)29(35,36)30(37,38)28(33,34)26(44)40-22-20(24(42)46-4-2)16-12-8-6-10-14-18(16)48-22/h3-14H2,1-2H3,(H,39,43)(H,40,44). The monoisotopic (exact) mass is 732 g/mol. The topological polar surface area (TPSA) is 111 Å². The van der Waals surface area contributed by atoms with Crippen LogP contribution in [-0.4, -0.2) is 60.7 Å². The molecule has 266 valence electrons. The maximum absolute atomic E-state index is 15.0. The summed E-state index contributed by atoms with van der Waals surface area (Å²) in [5, 5.41) is 1.31. The van der Waals surface area contributed by atoms with Crippen molar-refractivity contribution in [2.75, 3.05) is 23.8 Å². The van der Waals surface area contributed by atoms with E-state index in [9.17, 15) is 54.3 Å². The van der Waals surface area contributed by atoms with Crippen LogP contribution < -0.4 is 10.6 Å². The number of nitrogens with one attached hydrogen (secondary N) is 2. The van der Waals surface area contributed by atoms with Gasteiger partial charge in [-0.05, 0) is 76.3 Å². The fourth-order valence-corrected chi connectivity index (χ4v) is 8.09. The minimum atomic E-state index is -7.15. The Hall–Kier alpha value is -3.28. The predicted octanol–water partition coefficient (Wildman–Crippen LogP) is 7.82. The van der Waals surface area contributed by atoms with Crippen LogP contribution in [0.3, 0.4) is 0 Å². The average Bonchev–Trinajstić information content (AvgIpc) is 3.30. The largest absolute Gasteiger partial charge is 0.462 e. The quantitative estimate of drug-likeness (QED) is 0.139. The average molecular weight is 733 g/mol. The molecule has 0 bridgehead atoms. The van der Waals surface area contributed by atoms with Crippen molar-refractivity contribution in [3.05, 3.63) is 32.0 Å². The van der Waals surface area contributed by atoms with E-state index in [0.717, 1.165) is 12.8 Å². The molecule has 0 saturated heterocycles. The zero-order valence-electron chi connectivity index (χ0n) is 25.8. The number of esters is 2. The molecule has 0 radical (unpaired) electrons. The third-order valence-electron chi connectivity index (χ3n) is 8.01. The number of amides is 2. The van der Waals surface area contributed by atoms with Crippen LogP contribution in [0.4, 0.5) is 45.1 Å². The Kier molecular flexibility index (Phi) is 11.2. The van der Waals surface area contributed by atoms with E-state index in [1.165, 1.54) is 24.5 Å². The molecule has 0 unspecified atom stereocenters. The highest BCUT2D eigenvalue weighted by Crippen LogP contribution is 2.54. The lowest BCUT2D eigenvalue weighted by Gasteiger charge is -2.35. The Bertz CT molecular complexity index is 1460. The minimum absolute atomic E-state index is 0.191. The number of alkyl halides is 8. The summed E-state index contributed by atoms with van der Waals surface area (Å²) in [5.41, 5.74) is -0.227. The molecule has 2 aliphatic rings. The van der Waals surface area contributed by atoms with E-state index in [1.54, 1.807) is 0 Å². The number of rotatable bonds is 11. The molecular formula is C30H32F8N2O6S2. The van der Waals surface area contributed by atoms with Gasteiger partial charge in [-0.15, -0.1) is 22.7 Å². The first-order valence-corrected chi connectivity index (χ1v) is 16.8. The number of halogens is 8. The summed E-state index contributed by atoms with van der Waals surface area (Å²) in [6, 6.07) is 0. The molecule has 0 fully saturated rings. The summed E-state index contributed by atoms with van der Waals surface area (Å²) in [6.07, 6.45) is 4.95. The van der Waals surface area contributed by atoms with Crippen molar-refractivity contribution in [1.29, 1.82) is 0 Å². The Balaban J connectivity index is 1.64. The molecule has 2 heterocycles. The lowest BCUT2D eigenvalue weighted by Crippen LogP contribution is -2.67. The van der Waals surface area contributed by atoms with Crippen LogP contribution in [0.5, 0.6) is 0 Å². The molecule has 48 heavy (non-hydrogen) atoms. The molecule has 18 heteroatoms. The second kappa shape index (κ2) is 14.3. The second-order valence-electron chi connectivity index (χ2n) is 11.2. The van der Waals surface area contributed by atoms with Gasteiger partial charge in [0.1, 0.15) is 10.0 Å². The Morgan fingerprint density at radius 1 is 0.583 bits per heavy atom. The first kappa shape index (κ1) is 37.5. The number of hydrogen-bond donors (Lipinski definition) is 2. The Morgan fingerprint density at radius 2 is 0.917 bits per heavy atom. The van der Waals surface area contributed by atoms with Crippen LogP contribution in [0.25, 0.3) is 0 Å². The van der Waals surface area contributed by atoms with Crippen molar-refractivity contribution in [3.63, 3.8) is 0 Å². The van der Waals surface area contributed by atoms with Crippen molar-refractivity contribution in [3.8, 4) is 0 Å². The molecule has 0 atom stereocenters. The maximum Gasteiger partial charge on any atom is 0.393 e. The number of carbonyl (C=O) groups is 4. The predicted molar refractivity (Wildman–Crippen MR) is 160 cm³/mol. The van der Waals surface area contributed by atoms with E-state index in [0.29, 0.717) is 82.1 Å². The molecule has 0 saturated carbocycles. The summed E-state index contributed by atoms with van der Waals surface area (Å²) in [6.45, 7) is 2.45. The van der Waals surface area contributed by atoms with Crippen molar-refractivity contribution < 1.29 is 63.8 Å². The van der Waals surface area contributed by atoms with Gasteiger partial charge in [-0.2, -0.15) is 35.1 Å². The number of hydrogen-bond acceptors (Lipinski definition) is 8. The lowest BCUT2D eigenvalue weighted by atomic mass is 9.97. The van der Waals surface area contributed by atoms with E-state index in [-0.39, 0.29) is 26.1 Å². The molecule has 0 spiro atoms. The van der Waals surface area contributed by atoms with Crippen LogP contribution >= 0.6 is 22.7 Å². The van der Waals surface area contributed by atoms with Gasteiger partial charge in [0.2, 0.25) is 0 Å². The van der Waals surface area contributed by atoms with Gasteiger partial charge in [0.15, 0.2) is 0 Å². The Morgan fingerprint density at radius 3 is 1.25 bits per heavy atom. The number of fused-ring (bicyclic) bond motifs is 2. The van der Waals surface area contributed by atoms with Crippen molar-refractivity contribution in [2.24, 2.45) is 0 Å². The molecular weight excluding hydrogens is 700 g/mol. The van der Waals surface area contributed by atoms with Gasteiger partial charge in [-0.3, -0.25) is 9.59 Å². The normalized spacial score (nSPS) is 15.8. The summed E-state index contributed by atoms with van der Waals surface area (Å²) < 4.78 is 130. The van der Waals surface area contributed by atoms with E-state index < -0.39 is 68.6 Å². The van der Waals surface area contributed by atoms with Gasteiger partial charge < -0.3 is 20.1 Å². The van der Waals surface area contributed by atoms with E-state index in [2.05, 4.69) is 0 Å². The van der Waals surface area contributed by atoms with E-state index in [1.807, 2.05) is 0 Å². The number of anilines is 2. The zero-order valence-corrected chi connectivity index (χ0v) is 27.4. The number of thiophene rings is 2. The lowest BCUT2D eigenvalue weighted by molar-refractivity contribution is -0.345. The number of carbonyl (C=O) groups excluding carboxylic acids is 4. The van der Waals surface area contributed by atoms with Crippen LogP contribution in [0.1, 0.15) is 94.0 Å². The van der Waals surface area contributed by atoms with Crippen molar-refractivity contribution in [2.45, 2.75) is 102 Å². The first-order chi connectivity index (χ1) is 22.4. The van der Waals surface area contributed by atoms with Gasteiger partial charge >= 0.3 is 47.4 Å². The molecule has 2 amide bonds. The van der Waals surface area contributed by atoms with Crippen LogP contribution in [-0.2, 0) is 44.7 Å². The maximum atomic E-state index is 15.0. The van der Waals surface area contributed by atoms with Gasteiger partial charge in [-0.25, -0.2) is 9.59 Å². The third-order valence-corrected chi connectivity index (χ3v) is 10.4. The molecule has 2 aromatic rings. The second-order valence-corrected chi connectivity index (χ2v) is 13.4. The number of aryl methyl sites for hydroxylation is 2. The summed E-state index contributed by atoms with van der Waals surface area (Å²) in [5.74, 6) is -35.8. The van der Waals surface area contributed by atoms with Gasteiger partial charge in [0, 0.05) is 9.75 Å². The van der Waals surface area contributed by atoms with Gasteiger partial charge in [-0.1, -0.05) is 12.8 Å². The smallest absolute Gasteiger partial charge is 0.393 e. The van der Waals surface area contributed by atoms with E-state index >= 15 is 0 Å². The first-order valence-electron chi connectivity index (χ1n) is 15.2. The molecule has 8 nitrogen and oxygen atoms in total. The van der Waals surface area contributed by atoms with E-state index in [4.69, 9.17) is 9.47 Å². The molecule has 4 rings (SSSR count). The van der Waals surface area contributed by atoms with Gasteiger partial charge in [0.05, 0.1) is 24.3 Å². The Labute approximate surface area is 277 Å². The molecule has 2 aromatic heterocycles. The van der Waals surface area contributed by atoms with Crippen LogP contribution in [0.15, 0.2) is 0 Å². The van der Waals surface area contributed by atoms with Crippen LogP contribution in [0.2, 0.25) is 0 Å². The SMILES string of the molecule is CCOC(=O)c1c(NC(=O)C(F)(F)C(F)(F)C(F)(F)C(F)(F)C(=O)Nc2sc3c(c2C(=O)OCC)CCCCC3)sc2c1CCCCC2. The summed E-state index contributed by atoms with van der Waals surface area (Å²) in [7, 11) is 0. The number of ether oxygens (including phenoxy) is 2. The van der Waals surface area contributed by atoms with Crippen molar-refractivity contribution in [1.82, 2.24) is 0 Å². The molecule has 0 aliphatic heterocycles. The van der Waals surface area contributed by atoms with Gasteiger partial charge in [0.25, 0.3) is 0 Å². The molecule has 0 aromatic carbocycles. The summed E-state index contributed by atoms with van der Waals surface area (Å²) >= 11 is 1.15.